The first-order valence-electron chi connectivity index (χ1n) is 7.10. The van der Waals surface area contributed by atoms with Crippen molar-refractivity contribution in [2.75, 3.05) is 17.7 Å². The van der Waals surface area contributed by atoms with Gasteiger partial charge < -0.3 is 15.4 Å². The van der Waals surface area contributed by atoms with E-state index >= 15 is 0 Å². The van der Waals surface area contributed by atoms with Crippen LogP contribution in [0.25, 0.3) is 0 Å². The molecule has 0 aliphatic heterocycles. The standard InChI is InChI=1S/C14H20N4O3S2/c1-5-21-14(20)17-10(8(2)3)11(19)18-13-16-9(4)12(23-13)22-7-6-15/h8,10H,5,7H2,1-4H3,(H,17,20)(H,16,18,19)/t10-/m0/s1. The fraction of sp³-hybridized carbons (Fsp3) is 0.571. The van der Waals surface area contributed by atoms with E-state index in [1.807, 2.05) is 20.8 Å². The lowest BCUT2D eigenvalue weighted by Crippen LogP contribution is -2.47. The van der Waals surface area contributed by atoms with Gasteiger partial charge in [0.1, 0.15) is 6.04 Å². The summed E-state index contributed by atoms with van der Waals surface area (Å²) in [5.74, 6) is -0.123. The third kappa shape index (κ3) is 6.08. The van der Waals surface area contributed by atoms with Crippen LogP contribution >= 0.6 is 23.1 Å². The Labute approximate surface area is 143 Å². The fourth-order valence-electron chi connectivity index (χ4n) is 1.69. The Hall–Kier alpha value is -1.79. The second-order valence-corrected chi connectivity index (χ2v) is 7.16. The van der Waals surface area contributed by atoms with E-state index in [4.69, 9.17) is 10.00 Å². The van der Waals surface area contributed by atoms with Crippen LogP contribution in [0.1, 0.15) is 26.5 Å². The Morgan fingerprint density at radius 1 is 1.48 bits per heavy atom. The predicted octanol–water partition coefficient (Wildman–Crippen LogP) is 2.78. The summed E-state index contributed by atoms with van der Waals surface area (Å²) < 4.78 is 5.70. The van der Waals surface area contributed by atoms with E-state index in [2.05, 4.69) is 21.7 Å². The largest absolute Gasteiger partial charge is 0.450 e. The summed E-state index contributed by atoms with van der Waals surface area (Å²) >= 11 is 2.69. The highest BCUT2D eigenvalue weighted by Gasteiger charge is 2.25. The minimum Gasteiger partial charge on any atom is -0.450 e. The maximum absolute atomic E-state index is 12.4. The second-order valence-electron chi connectivity index (χ2n) is 4.91. The topological polar surface area (TPSA) is 104 Å². The first-order valence-corrected chi connectivity index (χ1v) is 8.90. The summed E-state index contributed by atoms with van der Waals surface area (Å²) in [6, 6.07) is 1.34. The molecule has 0 radical (unpaired) electrons. The lowest BCUT2D eigenvalue weighted by molar-refractivity contribution is -0.119. The molecule has 1 rings (SSSR count). The molecule has 0 saturated heterocycles. The molecule has 23 heavy (non-hydrogen) atoms. The number of aromatic nitrogens is 1. The van der Waals surface area contributed by atoms with E-state index in [0.29, 0.717) is 10.9 Å². The third-order valence-corrected chi connectivity index (χ3v) is 5.05. The maximum atomic E-state index is 12.4. The quantitative estimate of drug-likeness (QED) is 0.728. The van der Waals surface area contributed by atoms with Crippen molar-refractivity contribution in [2.24, 2.45) is 5.92 Å². The zero-order valence-electron chi connectivity index (χ0n) is 13.5. The molecule has 0 spiro atoms. The monoisotopic (exact) mass is 356 g/mol. The number of alkyl carbamates (subject to hydrolysis) is 1. The van der Waals surface area contributed by atoms with Crippen molar-refractivity contribution in [3.63, 3.8) is 0 Å². The Kier molecular flexibility index (Phi) is 7.85. The molecule has 0 bridgehead atoms. The first kappa shape index (κ1) is 19.3. The van der Waals surface area contributed by atoms with Crippen LogP contribution in [0.2, 0.25) is 0 Å². The van der Waals surface area contributed by atoms with Crippen molar-refractivity contribution in [2.45, 2.75) is 37.9 Å². The Morgan fingerprint density at radius 3 is 2.74 bits per heavy atom. The molecule has 2 amide bonds. The number of carbonyl (C=O) groups is 2. The highest BCUT2D eigenvalue weighted by molar-refractivity contribution is 8.01. The van der Waals surface area contributed by atoms with Gasteiger partial charge in [0.15, 0.2) is 5.13 Å². The van der Waals surface area contributed by atoms with Crippen LogP contribution in [0.3, 0.4) is 0 Å². The van der Waals surface area contributed by atoms with Crippen molar-refractivity contribution < 1.29 is 14.3 Å². The van der Waals surface area contributed by atoms with Gasteiger partial charge in [-0.15, -0.1) is 0 Å². The number of carbonyl (C=O) groups excluding carboxylic acids is 2. The highest BCUT2D eigenvalue weighted by Crippen LogP contribution is 2.31. The van der Waals surface area contributed by atoms with E-state index in [9.17, 15) is 9.59 Å². The molecular formula is C14H20N4O3S2. The minimum absolute atomic E-state index is 0.104. The lowest BCUT2D eigenvalue weighted by atomic mass is 10.0. The number of nitrogens with zero attached hydrogens (tertiary/aromatic N) is 2. The Morgan fingerprint density at radius 2 is 2.17 bits per heavy atom. The zero-order chi connectivity index (χ0) is 17.4. The van der Waals surface area contributed by atoms with Crippen LogP contribution in [-0.2, 0) is 9.53 Å². The van der Waals surface area contributed by atoms with Crippen LogP contribution in [-0.4, -0.2) is 35.4 Å². The first-order chi connectivity index (χ1) is 10.9. The number of thiazole rings is 1. The summed E-state index contributed by atoms with van der Waals surface area (Å²) in [7, 11) is 0. The van der Waals surface area contributed by atoms with Crippen LogP contribution in [0.5, 0.6) is 0 Å². The molecule has 0 aromatic carbocycles. The van der Waals surface area contributed by atoms with E-state index in [1.54, 1.807) is 6.92 Å². The van der Waals surface area contributed by atoms with Crippen molar-refractivity contribution in [3.05, 3.63) is 5.69 Å². The van der Waals surface area contributed by atoms with Crippen LogP contribution in [0, 0.1) is 24.2 Å². The molecule has 0 aliphatic rings. The van der Waals surface area contributed by atoms with Crippen molar-refractivity contribution in [3.8, 4) is 6.07 Å². The van der Waals surface area contributed by atoms with Gasteiger partial charge in [-0.1, -0.05) is 36.9 Å². The molecular weight excluding hydrogens is 336 g/mol. The number of hydrogen-bond acceptors (Lipinski definition) is 7. The number of rotatable bonds is 7. The van der Waals surface area contributed by atoms with Gasteiger partial charge in [0.05, 0.1) is 28.3 Å². The summed E-state index contributed by atoms with van der Waals surface area (Å²) in [6.45, 7) is 7.42. The van der Waals surface area contributed by atoms with Crippen LogP contribution in [0.4, 0.5) is 9.93 Å². The van der Waals surface area contributed by atoms with E-state index in [1.165, 1.54) is 23.1 Å². The highest BCUT2D eigenvalue weighted by atomic mass is 32.2. The van der Waals surface area contributed by atoms with Crippen LogP contribution in [0.15, 0.2) is 4.21 Å². The van der Waals surface area contributed by atoms with Gasteiger partial charge >= 0.3 is 6.09 Å². The Balaban J connectivity index is 2.75. The molecule has 126 valence electrons. The SMILES string of the molecule is CCOC(=O)N[C@H](C(=O)Nc1nc(C)c(SCC#N)s1)C(C)C. The summed E-state index contributed by atoms with van der Waals surface area (Å²) in [5.41, 5.74) is 0.769. The maximum Gasteiger partial charge on any atom is 0.407 e. The van der Waals surface area contributed by atoms with Crippen molar-refractivity contribution in [1.82, 2.24) is 10.3 Å². The van der Waals surface area contributed by atoms with Gasteiger partial charge in [0.2, 0.25) is 5.91 Å². The molecule has 1 atom stereocenters. The molecule has 0 fully saturated rings. The predicted molar refractivity (Wildman–Crippen MR) is 90.6 cm³/mol. The fourth-order valence-corrected chi connectivity index (χ4v) is 3.49. The molecule has 9 heteroatoms. The number of anilines is 1. The van der Waals surface area contributed by atoms with Gasteiger partial charge in [-0.05, 0) is 19.8 Å². The van der Waals surface area contributed by atoms with Gasteiger partial charge in [-0.25, -0.2) is 9.78 Å². The number of nitriles is 1. The summed E-state index contributed by atoms with van der Waals surface area (Å²) in [4.78, 5) is 28.2. The summed E-state index contributed by atoms with van der Waals surface area (Å²) in [5, 5.41) is 14.3. The molecule has 1 aromatic heterocycles. The van der Waals surface area contributed by atoms with E-state index in [-0.39, 0.29) is 18.4 Å². The van der Waals surface area contributed by atoms with Crippen molar-refractivity contribution in [1.29, 1.82) is 5.26 Å². The molecule has 0 saturated carbocycles. The molecule has 1 heterocycles. The zero-order valence-corrected chi connectivity index (χ0v) is 15.1. The minimum atomic E-state index is -0.714. The Bertz CT molecular complexity index is 595. The number of nitrogens with one attached hydrogen (secondary N) is 2. The molecule has 1 aromatic rings. The van der Waals surface area contributed by atoms with Crippen LogP contribution < -0.4 is 10.6 Å². The number of ether oxygens (including phenoxy) is 1. The summed E-state index contributed by atoms with van der Waals surface area (Å²) in [6.07, 6.45) is -0.623. The van der Waals surface area contributed by atoms with E-state index < -0.39 is 12.1 Å². The van der Waals surface area contributed by atoms with Gasteiger partial charge in [-0.3, -0.25) is 4.79 Å². The molecule has 0 aliphatic carbocycles. The number of amides is 2. The molecule has 2 N–H and O–H groups in total. The van der Waals surface area contributed by atoms with E-state index in [0.717, 1.165) is 9.90 Å². The normalized spacial score (nSPS) is 11.7. The number of hydrogen-bond donors (Lipinski definition) is 2. The average molecular weight is 356 g/mol. The van der Waals surface area contributed by atoms with Gasteiger partial charge in [0, 0.05) is 0 Å². The van der Waals surface area contributed by atoms with Gasteiger partial charge in [-0.2, -0.15) is 5.26 Å². The molecule has 7 nitrogen and oxygen atoms in total. The van der Waals surface area contributed by atoms with Crippen molar-refractivity contribution >= 4 is 40.2 Å². The van der Waals surface area contributed by atoms with Gasteiger partial charge in [0.25, 0.3) is 0 Å². The molecule has 0 unspecified atom stereocenters. The number of aryl methyl sites for hydroxylation is 1. The average Bonchev–Trinajstić information content (AvgIpc) is 2.82. The second kappa shape index (κ2) is 9.37. The smallest absolute Gasteiger partial charge is 0.407 e. The third-order valence-electron chi connectivity index (χ3n) is 2.75. The number of thioether (sulfide) groups is 1. The lowest BCUT2D eigenvalue weighted by Gasteiger charge is -2.20.